The molecule has 1 rings (SSSR count). The minimum absolute atomic E-state index is 0.00450. The van der Waals surface area contributed by atoms with E-state index in [0.717, 1.165) is 10.5 Å². The predicted molar refractivity (Wildman–Crippen MR) is 115 cm³/mol. The second kappa shape index (κ2) is 9.01. The van der Waals surface area contributed by atoms with Gasteiger partial charge in [-0.3, -0.25) is 9.00 Å². The molecule has 0 N–H and O–H groups in total. The SMILES string of the molecule is Cc1ccc(S(=O)C[C@@H](CC(=O)OC(C)(C)C)O[Si](C)(C)C(C)(C)C)cc1. The molecule has 27 heavy (non-hydrogen) atoms. The summed E-state index contributed by atoms with van der Waals surface area (Å²) in [4.78, 5) is 13.1. The lowest BCUT2D eigenvalue weighted by atomic mass is 10.2. The van der Waals surface area contributed by atoms with E-state index < -0.39 is 30.8 Å². The van der Waals surface area contributed by atoms with Crippen LogP contribution < -0.4 is 0 Å². The van der Waals surface area contributed by atoms with Crippen molar-refractivity contribution in [3.63, 3.8) is 0 Å². The van der Waals surface area contributed by atoms with Crippen LogP contribution in [0.2, 0.25) is 18.1 Å². The molecule has 0 aliphatic rings. The van der Waals surface area contributed by atoms with Crippen molar-refractivity contribution >= 4 is 25.1 Å². The van der Waals surface area contributed by atoms with Gasteiger partial charge in [0.25, 0.3) is 0 Å². The normalized spacial score (nSPS) is 15.3. The average Bonchev–Trinajstić information content (AvgIpc) is 2.43. The van der Waals surface area contributed by atoms with E-state index in [9.17, 15) is 9.00 Å². The molecule has 4 nitrogen and oxygen atoms in total. The Labute approximate surface area is 168 Å². The van der Waals surface area contributed by atoms with E-state index in [1.54, 1.807) is 0 Å². The fourth-order valence-electron chi connectivity index (χ4n) is 2.25. The maximum Gasteiger partial charge on any atom is 0.308 e. The van der Waals surface area contributed by atoms with Gasteiger partial charge in [-0.2, -0.15) is 0 Å². The molecule has 1 unspecified atom stereocenters. The van der Waals surface area contributed by atoms with Crippen LogP contribution in [0.5, 0.6) is 0 Å². The summed E-state index contributed by atoms with van der Waals surface area (Å²) in [5.74, 6) is -0.0263. The summed E-state index contributed by atoms with van der Waals surface area (Å²) in [5.41, 5.74) is 0.577. The standard InChI is InChI=1S/C21H36O4SSi/c1-16-10-12-18(13-11-16)26(23)15-17(14-19(22)24-20(2,3)4)25-27(8,9)21(5,6)7/h10-13,17H,14-15H2,1-9H3/t17-,26?/m1/s1. The van der Waals surface area contributed by atoms with Crippen LogP contribution in [0.25, 0.3) is 0 Å². The van der Waals surface area contributed by atoms with Gasteiger partial charge in [0.2, 0.25) is 0 Å². The Morgan fingerprint density at radius 3 is 2.04 bits per heavy atom. The fourth-order valence-corrected chi connectivity index (χ4v) is 4.88. The molecule has 0 fully saturated rings. The number of ether oxygens (including phenoxy) is 1. The maximum absolute atomic E-state index is 12.9. The average molecular weight is 413 g/mol. The van der Waals surface area contributed by atoms with Crippen molar-refractivity contribution in [2.24, 2.45) is 0 Å². The number of carbonyl (C=O) groups excluding carboxylic acids is 1. The van der Waals surface area contributed by atoms with Gasteiger partial charge in [0, 0.05) is 4.90 Å². The van der Waals surface area contributed by atoms with Gasteiger partial charge in [-0.15, -0.1) is 0 Å². The molecule has 1 aromatic rings. The molecule has 0 bridgehead atoms. The summed E-state index contributed by atoms with van der Waals surface area (Å²) in [6.45, 7) is 18.3. The Morgan fingerprint density at radius 2 is 1.59 bits per heavy atom. The van der Waals surface area contributed by atoms with Crippen molar-refractivity contribution in [3.8, 4) is 0 Å². The zero-order chi connectivity index (χ0) is 21.0. The molecular weight excluding hydrogens is 376 g/mol. The highest BCUT2D eigenvalue weighted by atomic mass is 32.2. The van der Waals surface area contributed by atoms with E-state index >= 15 is 0 Å². The summed E-state index contributed by atoms with van der Waals surface area (Å²) >= 11 is 0. The molecule has 0 aliphatic carbocycles. The minimum Gasteiger partial charge on any atom is -0.460 e. The van der Waals surface area contributed by atoms with Crippen LogP contribution >= 0.6 is 0 Å². The number of benzene rings is 1. The predicted octanol–water partition coefficient (Wildman–Crippen LogP) is 5.22. The van der Waals surface area contributed by atoms with Crippen LogP contribution in [0.3, 0.4) is 0 Å². The first-order valence-corrected chi connectivity index (χ1v) is 13.7. The molecule has 0 aromatic heterocycles. The number of rotatable bonds is 7. The molecule has 2 atom stereocenters. The quantitative estimate of drug-likeness (QED) is 0.455. The summed E-state index contributed by atoms with van der Waals surface area (Å²) < 4.78 is 24.8. The van der Waals surface area contributed by atoms with Crippen LogP contribution in [0.4, 0.5) is 0 Å². The third-order valence-corrected chi connectivity index (χ3v) is 10.7. The lowest BCUT2D eigenvalue weighted by Crippen LogP contribution is -2.46. The van der Waals surface area contributed by atoms with E-state index in [2.05, 4.69) is 33.9 Å². The van der Waals surface area contributed by atoms with Crippen LogP contribution in [0, 0.1) is 6.92 Å². The maximum atomic E-state index is 12.9. The molecule has 0 amide bonds. The summed E-state index contributed by atoms with van der Waals surface area (Å²) in [6.07, 6.45) is -0.315. The van der Waals surface area contributed by atoms with Crippen LogP contribution in [0.1, 0.15) is 53.5 Å². The number of carbonyl (C=O) groups is 1. The highest BCUT2D eigenvalue weighted by Gasteiger charge is 2.40. The van der Waals surface area contributed by atoms with Gasteiger partial charge >= 0.3 is 5.97 Å². The van der Waals surface area contributed by atoms with Gasteiger partial charge in [0.1, 0.15) is 5.60 Å². The molecule has 6 heteroatoms. The van der Waals surface area contributed by atoms with E-state index in [4.69, 9.17) is 9.16 Å². The number of hydrogen-bond acceptors (Lipinski definition) is 4. The van der Waals surface area contributed by atoms with Gasteiger partial charge in [-0.25, -0.2) is 0 Å². The Bertz CT molecular complexity index is 654. The monoisotopic (exact) mass is 412 g/mol. The van der Waals surface area contributed by atoms with E-state index in [0.29, 0.717) is 0 Å². The second-order valence-electron chi connectivity index (χ2n) is 9.62. The number of aryl methyl sites for hydroxylation is 1. The van der Waals surface area contributed by atoms with Gasteiger partial charge in [0.05, 0.1) is 29.1 Å². The smallest absolute Gasteiger partial charge is 0.308 e. The largest absolute Gasteiger partial charge is 0.460 e. The van der Waals surface area contributed by atoms with Crippen molar-refractivity contribution < 1.29 is 18.2 Å². The molecule has 0 heterocycles. The minimum atomic E-state index is -2.11. The molecule has 0 saturated heterocycles. The summed E-state index contributed by atoms with van der Waals surface area (Å²) in [7, 11) is -3.35. The fraction of sp³-hybridized carbons (Fsp3) is 0.667. The zero-order valence-electron chi connectivity index (χ0n) is 18.3. The Kier molecular flexibility index (Phi) is 8.03. The first-order chi connectivity index (χ1) is 12.1. The van der Waals surface area contributed by atoms with Crippen LogP contribution in [-0.4, -0.2) is 36.0 Å². The van der Waals surface area contributed by atoms with E-state index in [1.807, 2.05) is 52.0 Å². The van der Waals surface area contributed by atoms with Crippen molar-refractivity contribution in [3.05, 3.63) is 29.8 Å². The van der Waals surface area contributed by atoms with Crippen LogP contribution in [-0.2, 0) is 24.8 Å². The summed E-state index contributed by atoms with van der Waals surface area (Å²) in [6, 6.07) is 7.65. The van der Waals surface area contributed by atoms with Crippen LogP contribution in [0.15, 0.2) is 29.2 Å². The van der Waals surface area contributed by atoms with Gasteiger partial charge in [-0.05, 0) is 58.0 Å². The molecule has 0 aliphatic heterocycles. The summed E-state index contributed by atoms with van der Waals surface area (Å²) in [5, 5.41) is 0.00450. The number of esters is 1. The van der Waals surface area contributed by atoms with Gasteiger partial charge in [-0.1, -0.05) is 38.5 Å². The molecular formula is C21H36O4SSi. The third kappa shape index (κ3) is 8.28. The lowest BCUT2D eigenvalue weighted by Gasteiger charge is -2.39. The highest BCUT2D eigenvalue weighted by molar-refractivity contribution is 7.85. The van der Waals surface area contributed by atoms with E-state index in [1.165, 1.54) is 0 Å². The second-order valence-corrected chi connectivity index (χ2v) is 15.9. The Hall–Kier alpha value is -0.983. The Morgan fingerprint density at radius 1 is 1.07 bits per heavy atom. The van der Waals surface area contributed by atoms with Gasteiger partial charge < -0.3 is 9.16 Å². The Balaban J connectivity index is 2.97. The van der Waals surface area contributed by atoms with Crippen molar-refractivity contribution in [1.82, 2.24) is 0 Å². The van der Waals surface area contributed by atoms with E-state index in [-0.39, 0.29) is 23.2 Å². The molecule has 154 valence electrons. The van der Waals surface area contributed by atoms with Crippen molar-refractivity contribution in [2.75, 3.05) is 5.75 Å². The molecule has 1 aromatic carbocycles. The topological polar surface area (TPSA) is 52.6 Å². The van der Waals surface area contributed by atoms with Crippen molar-refractivity contribution in [1.29, 1.82) is 0 Å². The third-order valence-electron chi connectivity index (χ3n) is 4.70. The molecule has 0 saturated carbocycles. The van der Waals surface area contributed by atoms with Crippen molar-refractivity contribution in [2.45, 2.75) is 89.6 Å². The molecule has 0 spiro atoms. The highest BCUT2D eigenvalue weighted by Crippen LogP contribution is 2.38. The van der Waals surface area contributed by atoms with Gasteiger partial charge in [0.15, 0.2) is 8.32 Å². The number of hydrogen-bond donors (Lipinski definition) is 0. The first-order valence-electron chi connectivity index (χ1n) is 9.45. The zero-order valence-corrected chi connectivity index (χ0v) is 20.2. The molecule has 0 radical (unpaired) electrons. The lowest BCUT2D eigenvalue weighted by molar-refractivity contribution is -0.156. The first kappa shape index (κ1) is 24.1.